The highest BCUT2D eigenvalue weighted by atomic mass is 16.6. The van der Waals surface area contributed by atoms with E-state index in [1.807, 2.05) is 13.8 Å². The van der Waals surface area contributed by atoms with Gasteiger partial charge in [0.1, 0.15) is 6.61 Å². The topological polar surface area (TPSA) is 49.8 Å². The van der Waals surface area contributed by atoms with Gasteiger partial charge >= 0.3 is 6.09 Å². The number of hydrogen-bond donors (Lipinski definition) is 1. The van der Waals surface area contributed by atoms with Crippen LogP contribution >= 0.6 is 0 Å². The lowest BCUT2D eigenvalue weighted by Gasteiger charge is -2.23. The summed E-state index contributed by atoms with van der Waals surface area (Å²) in [6.07, 6.45) is 0.559. The third-order valence-corrected chi connectivity index (χ3v) is 2.24. The molecule has 0 aromatic heterocycles. The van der Waals surface area contributed by atoms with Crippen molar-refractivity contribution in [1.82, 2.24) is 4.90 Å². The van der Waals surface area contributed by atoms with Gasteiger partial charge in [-0.15, -0.1) is 0 Å². The summed E-state index contributed by atoms with van der Waals surface area (Å²) in [6, 6.07) is 0.0379. The van der Waals surface area contributed by atoms with E-state index in [4.69, 9.17) is 9.84 Å². The first-order valence-electron chi connectivity index (χ1n) is 4.35. The summed E-state index contributed by atoms with van der Waals surface area (Å²) >= 11 is 0. The van der Waals surface area contributed by atoms with E-state index in [0.29, 0.717) is 18.2 Å². The van der Waals surface area contributed by atoms with E-state index < -0.39 is 0 Å². The van der Waals surface area contributed by atoms with Crippen LogP contribution in [0.1, 0.15) is 20.8 Å². The van der Waals surface area contributed by atoms with Crippen molar-refractivity contribution in [1.29, 1.82) is 0 Å². The molecule has 0 saturated carbocycles. The number of carbonyl (C=O) groups excluding carboxylic acids is 1. The van der Waals surface area contributed by atoms with Gasteiger partial charge in [-0.2, -0.15) is 0 Å². The zero-order chi connectivity index (χ0) is 10.0. The third-order valence-electron chi connectivity index (χ3n) is 2.24. The molecule has 1 fully saturated rings. The number of carbonyl (C=O) groups is 1. The Labute approximate surface area is 77.8 Å². The predicted octanol–water partition coefficient (Wildman–Crippen LogP) is 1.88. The highest BCUT2D eigenvalue weighted by Crippen LogP contribution is 2.23. The molecule has 13 heavy (non-hydrogen) atoms. The first kappa shape index (κ1) is 9.89. The van der Waals surface area contributed by atoms with Crippen LogP contribution in [0.3, 0.4) is 0 Å². The third kappa shape index (κ3) is 1.76. The number of ether oxygens (including phenoxy) is 1. The van der Waals surface area contributed by atoms with Crippen LogP contribution in [-0.2, 0) is 4.74 Å². The Morgan fingerprint density at radius 3 is 2.85 bits per heavy atom. The van der Waals surface area contributed by atoms with Crippen molar-refractivity contribution in [3.8, 4) is 0 Å². The van der Waals surface area contributed by atoms with Crippen LogP contribution in [0.15, 0.2) is 12.0 Å². The smallest absolute Gasteiger partial charge is 0.414 e. The Hall–Kier alpha value is -1.19. The van der Waals surface area contributed by atoms with Crippen molar-refractivity contribution in [3.63, 3.8) is 0 Å². The van der Waals surface area contributed by atoms with Crippen LogP contribution in [-0.4, -0.2) is 28.7 Å². The quantitative estimate of drug-likeness (QED) is 0.668. The molecule has 4 nitrogen and oxygen atoms in total. The van der Waals surface area contributed by atoms with E-state index in [1.54, 1.807) is 6.92 Å². The molecule has 0 bridgehead atoms. The van der Waals surface area contributed by atoms with E-state index in [0.717, 1.165) is 6.26 Å². The summed E-state index contributed by atoms with van der Waals surface area (Å²) in [4.78, 5) is 12.7. The number of allylic oxidation sites excluding steroid dienone is 1. The van der Waals surface area contributed by atoms with Gasteiger partial charge in [0.25, 0.3) is 0 Å². The van der Waals surface area contributed by atoms with Crippen molar-refractivity contribution in [2.24, 2.45) is 5.92 Å². The van der Waals surface area contributed by atoms with Gasteiger partial charge < -0.3 is 9.84 Å². The fourth-order valence-electron chi connectivity index (χ4n) is 1.39. The van der Waals surface area contributed by atoms with Crippen molar-refractivity contribution in [2.45, 2.75) is 26.8 Å². The highest BCUT2D eigenvalue weighted by molar-refractivity contribution is 5.72. The Bertz CT molecular complexity index is 235. The average molecular weight is 185 g/mol. The number of hydrogen-bond acceptors (Lipinski definition) is 3. The van der Waals surface area contributed by atoms with Crippen LogP contribution in [0.2, 0.25) is 0 Å². The Morgan fingerprint density at radius 1 is 1.77 bits per heavy atom. The van der Waals surface area contributed by atoms with Crippen LogP contribution in [0.5, 0.6) is 0 Å². The van der Waals surface area contributed by atoms with E-state index in [2.05, 4.69) is 0 Å². The average Bonchev–Trinajstić information content (AvgIpc) is 2.46. The van der Waals surface area contributed by atoms with Gasteiger partial charge in [-0.1, -0.05) is 13.8 Å². The molecular weight excluding hydrogens is 170 g/mol. The summed E-state index contributed by atoms with van der Waals surface area (Å²) in [5.74, 6) is 0.321. The zero-order valence-electron chi connectivity index (χ0n) is 8.15. The molecule has 0 spiro atoms. The van der Waals surface area contributed by atoms with Crippen LogP contribution in [0.4, 0.5) is 4.79 Å². The second-order valence-electron chi connectivity index (χ2n) is 3.53. The minimum Gasteiger partial charge on any atom is -0.514 e. The van der Waals surface area contributed by atoms with Gasteiger partial charge in [0, 0.05) is 0 Å². The molecule has 1 amide bonds. The molecule has 1 atom stereocenters. The molecule has 0 aromatic rings. The first-order valence-corrected chi connectivity index (χ1v) is 4.35. The van der Waals surface area contributed by atoms with Gasteiger partial charge in [-0.05, 0) is 12.8 Å². The molecule has 4 heteroatoms. The molecule has 1 saturated heterocycles. The molecule has 74 valence electrons. The van der Waals surface area contributed by atoms with Crippen molar-refractivity contribution in [3.05, 3.63) is 12.0 Å². The van der Waals surface area contributed by atoms with Crippen LogP contribution in [0, 0.1) is 5.92 Å². The van der Waals surface area contributed by atoms with Gasteiger partial charge in [-0.3, -0.25) is 4.90 Å². The van der Waals surface area contributed by atoms with Crippen molar-refractivity contribution in [2.75, 3.05) is 6.61 Å². The largest absolute Gasteiger partial charge is 0.514 e. The maximum atomic E-state index is 11.2. The molecule has 0 radical (unpaired) electrons. The summed E-state index contributed by atoms with van der Waals surface area (Å²) in [7, 11) is 0. The zero-order valence-corrected chi connectivity index (χ0v) is 8.15. The lowest BCUT2D eigenvalue weighted by atomic mass is 10.0. The number of rotatable bonds is 2. The molecule has 0 aliphatic carbocycles. The van der Waals surface area contributed by atoms with Gasteiger partial charge in [0.05, 0.1) is 18.0 Å². The molecule has 0 unspecified atom stereocenters. The lowest BCUT2D eigenvalue weighted by Crippen LogP contribution is -2.35. The van der Waals surface area contributed by atoms with Gasteiger partial charge in [-0.25, -0.2) is 4.79 Å². The molecule has 1 N–H and O–H groups in total. The first-order chi connectivity index (χ1) is 6.07. The number of amides is 1. The minimum absolute atomic E-state index is 0.0379. The van der Waals surface area contributed by atoms with Crippen LogP contribution < -0.4 is 0 Å². The summed E-state index contributed by atoms with van der Waals surface area (Å²) in [5, 5.41) is 8.80. The van der Waals surface area contributed by atoms with Crippen molar-refractivity contribution < 1.29 is 14.6 Å². The number of aliphatic hydroxyl groups excluding tert-OH is 1. The lowest BCUT2D eigenvalue weighted by molar-refractivity contribution is 0.163. The number of cyclic esters (lactones) is 1. The fraction of sp³-hybridized carbons (Fsp3) is 0.667. The van der Waals surface area contributed by atoms with E-state index in [1.165, 1.54) is 4.90 Å². The Balaban J connectivity index is 2.83. The fourth-order valence-corrected chi connectivity index (χ4v) is 1.39. The van der Waals surface area contributed by atoms with Gasteiger partial charge in [0.15, 0.2) is 0 Å². The SMILES string of the molecule is C/C(=C\O)N1C(=O)OC[C@@H]1C(C)C. The Kier molecular flexibility index (Phi) is 2.80. The minimum atomic E-state index is -0.374. The molecule has 1 aliphatic heterocycles. The second kappa shape index (κ2) is 3.68. The normalized spacial score (nSPS) is 24.0. The number of aliphatic hydroxyl groups is 1. The monoisotopic (exact) mass is 185 g/mol. The highest BCUT2D eigenvalue weighted by Gasteiger charge is 2.35. The molecule has 1 rings (SSSR count). The summed E-state index contributed by atoms with van der Waals surface area (Å²) in [5.41, 5.74) is 0.529. The maximum Gasteiger partial charge on any atom is 0.414 e. The van der Waals surface area contributed by atoms with E-state index in [-0.39, 0.29) is 12.1 Å². The van der Waals surface area contributed by atoms with Crippen LogP contribution in [0.25, 0.3) is 0 Å². The van der Waals surface area contributed by atoms with Crippen molar-refractivity contribution >= 4 is 6.09 Å². The number of nitrogens with zero attached hydrogens (tertiary/aromatic N) is 1. The molecule has 1 aliphatic rings. The molecule has 1 heterocycles. The molecular formula is C9H15NO3. The second-order valence-corrected chi connectivity index (χ2v) is 3.53. The molecule has 0 aromatic carbocycles. The maximum absolute atomic E-state index is 11.2. The summed E-state index contributed by atoms with van der Waals surface area (Å²) in [6.45, 7) is 6.12. The summed E-state index contributed by atoms with van der Waals surface area (Å²) < 4.78 is 4.90. The van der Waals surface area contributed by atoms with E-state index >= 15 is 0 Å². The standard InChI is InChI=1S/C9H15NO3/c1-6(2)8-5-13-9(12)10(8)7(3)4-11/h4,6,8,11H,5H2,1-3H3/b7-4+/t8-/m1/s1. The Morgan fingerprint density at radius 2 is 2.38 bits per heavy atom. The predicted molar refractivity (Wildman–Crippen MR) is 48.2 cm³/mol. The van der Waals surface area contributed by atoms with E-state index in [9.17, 15) is 4.79 Å². The van der Waals surface area contributed by atoms with Gasteiger partial charge in [0.2, 0.25) is 0 Å².